The average Bonchev–Trinajstić information content (AvgIpc) is 3.19. The zero-order valence-corrected chi connectivity index (χ0v) is 30.7. The number of aromatic nitrogens is 1. The normalized spacial score (nSPS) is 17.7. The number of aromatic hydroxyl groups is 1. The molecular formula is C43H55N3O7. The molecule has 2 atom stereocenters. The van der Waals surface area contributed by atoms with Gasteiger partial charge in [0.05, 0.1) is 24.8 Å². The SMILES string of the molecule is O=C(OCC1CCN(Cc2ccc(OCCCCCNC[C@H](O)c3ccc(O)c4[nH]c(=O)ccc34)cc2)CC1)C(O)(c1ccccc1)C1CCCCC1. The van der Waals surface area contributed by atoms with Crippen LogP contribution in [0.2, 0.25) is 0 Å². The fourth-order valence-electron chi connectivity index (χ4n) is 7.91. The number of carbonyl (C=O) groups is 1. The summed E-state index contributed by atoms with van der Waals surface area (Å²) in [6, 6.07) is 23.9. The van der Waals surface area contributed by atoms with Crippen molar-refractivity contribution in [3.05, 3.63) is 106 Å². The topological polar surface area (TPSA) is 144 Å². The number of unbranched alkanes of at least 4 members (excludes halogenated alkanes) is 2. The van der Waals surface area contributed by atoms with Gasteiger partial charge < -0.3 is 35.1 Å². The van der Waals surface area contributed by atoms with Crippen LogP contribution in [0.25, 0.3) is 10.9 Å². The molecule has 3 aromatic carbocycles. The first kappa shape index (κ1) is 38.5. The maximum absolute atomic E-state index is 13.5. The molecule has 5 N–H and O–H groups in total. The van der Waals surface area contributed by atoms with E-state index >= 15 is 0 Å². The van der Waals surface area contributed by atoms with Crippen LogP contribution in [-0.4, -0.2) is 70.6 Å². The number of piperidine rings is 1. The Labute approximate surface area is 312 Å². The van der Waals surface area contributed by atoms with E-state index in [9.17, 15) is 24.9 Å². The summed E-state index contributed by atoms with van der Waals surface area (Å²) >= 11 is 0. The van der Waals surface area contributed by atoms with Crippen LogP contribution in [0.3, 0.4) is 0 Å². The minimum Gasteiger partial charge on any atom is -0.506 e. The van der Waals surface area contributed by atoms with E-state index in [-0.39, 0.29) is 17.2 Å². The number of fused-ring (bicyclic) bond motifs is 1. The van der Waals surface area contributed by atoms with Crippen LogP contribution in [0.1, 0.15) is 87.0 Å². The Morgan fingerprint density at radius 1 is 0.906 bits per heavy atom. The van der Waals surface area contributed by atoms with Gasteiger partial charge in [-0.3, -0.25) is 9.69 Å². The Kier molecular flexibility index (Phi) is 13.6. The number of aliphatic hydroxyl groups is 2. The quantitative estimate of drug-likeness (QED) is 0.0623. The third-order valence-electron chi connectivity index (χ3n) is 11.1. The van der Waals surface area contributed by atoms with Crippen molar-refractivity contribution < 1.29 is 29.6 Å². The first-order valence-corrected chi connectivity index (χ1v) is 19.4. The van der Waals surface area contributed by atoms with Crippen LogP contribution < -0.4 is 15.6 Å². The number of H-pyrrole nitrogens is 1. The number of aliphatic hydroxyl groups excluding tert-OH is 1. The van der Waals surface area contributed by atoms with Gasteiger partial charge in [0, 0.05) is 30.5 Å². The number of pyridine rings is 1. The van der Waals surface area contributed by atoms with Gasteiger partial charge in [0.2, 0.25) is 5.56 Å². The minimum atomic E-state index is -1.58. The third-order valence-corrected chi connectivity index (χ3v) is 11.1. The summed E-state index contributed by atoms with van der Waals surface area (Å²) in [5.41, 5.74) is 0.992. The Morgan fingerprint density at radius 3 is 2.42 bits per heavy atom. The fraction of sp³-hybridized carbons (Fsp3) is 0.488. The average molecular weight is 726 g/mol. The number of ether oxygens (including phenoxy) is 2. The molecule has 4 aromatic rings. The zero-order chi connectivity index (χ0) is 37.0. The Balaban J connectivity index is 0.843. The summed E-state index contributed by atoms with van der Waals surface area (Å²) in [5, 5.41) is 36.5. The van der Waals surface area contributed by atoms with Crippen molar-refractivity contribution in [2.75, 3.05) is 39.4 Å². The minimum absolute atomic E-state index is 0.0189. The maximum atomic E-state index is 13.5. The van der Waals surface area contributed by atoms with Crippen molar-refractivity contribution in [2.45, 2.75) is 82.5 Å². The number of likely N-dealkylation sites (tertiary alicyclic amines) is 1. The Hall–Kier alpha value is -4.22. The van der Waals surface area contributed by atoms with Gasteiger partial charge in [0.15, 0.2) is 5.60 Å². The van der Waals surface area contributed by atoms with Gasteiger partial charge in [-0.2, -0.15) is 0 Å². The van der Waals surface area contributed by atoms with Crippen LogP contribution >= 0.6 is 0 Å². The van der Waals surface area contributed by atoms with Gasteiger partial charge in [0.25, 0.3) is 0 Å². The highest BCUT2D eigenvalue weighted by molar-refractivity contribution is 5.87. The van der Waals surface area contributed by atoms with Crippen molar-refractivity contribution in [3.8, 4) is 11.5 Å². The van der Waals surface area contributed by atoms with Crippen LogP contribution in [0, 0.1) is 11.8 Å². The number of phenolic OH excluding ortho intramolecular Hbond substituents is 1. The van der Waals surface area contributed by atoms with Crippen molar-refractivity contribution in [2.24, 2.45) is 11.8 Å². The second kappa shape index (κ2) is 18.7. The van der Waals surface area contributed by atoms with E-state index in [0.29, 0.717) is 47.7 Å². The molecule has 0 spiro atoms. The number of nitrogens with zero attached hydrogens (tertiary/aromatic N) is 1. The molecule has 6 rings (SSSR count). The number of phenols is 1. The predicted molar refractivity (Wildman–Crippen MR) is 206 cm³/mol. The molecule has 2 heterocycles. The van der Waals surface area contributed by atoms with E-state index in [0.717, 1.165) is 96.1 Å². The van der Waals surface area contributed by atoms with E-state index in [1.807, 2.05) is 42.5 Å². The first-order valence-electron chi connectivity index (χ1n) is 19.4. The molecule has 0 amide bonds. The van der Waals surface area contributed by atoms with Gasteiger partial charge in [-0.05, 0) is 111 Å². The molecule has 1 aliphatic heterocycles. The highest BCUT2D eigenvalue weighted by atomic mass is 16.5. The van der Waals surface area contributed by atoms with Gasteiger partial charge in [-0.25, -0.2) is 4.79 Å². The molecule has 10 nitrogen and oxygen atoms in total. The number of esters is 1. The third kappa shape index (κ3) is 10.1. The summed E-state index contributed by atoms with van der Waals surface area (Å²) in [4.78, 5) is 30.2. The van der Waals surface area contributed by atoms with E-state index in [2.05, 4.69) is 27.3 Å². The van der Waals surface area contributed by atoms with Gasteiger partial charge >= 0.3 is 5.97 Å². The van der Waals surface area contributed by atoms with Crippen LogP contribution in [0.5, 0.6) is 11.5 Å². The molecule has 1 saturated carbocycles. The van der Waals surface area contributed by atoms with Gasteiger partial charge in [-0.1, -0.05) is 67.8 Å². The highest BCUT2D eigenvalue weighted by Gasteiger charge is 2.47. The molecule has 0 bridgehead atoms. The van der Waals surface area contributed by atoms with Crippen LogP contribution in [-0.2, 0) is 21.7 Å². The van der Waals surface area contributed by atoms with Gasteiger partial charge in [-0.15, -0.1) is 0 Å². The summed E-state index contributed by atoms with van der Waals surface area (Å²) in [5.74, 6) is 0.534. The molecular weight excluding hydrogens is 670 g/mol. The monoisotopic (exact) mass is 725 g/mol. The number of nitrogens with one attached hydrogen (secondary N) is 2. The van der Waals surface area contributed by atoms with Crippen molar-refractivity contribution in [1.82, 2.24) is 15.2 Å². The smallest absolute Gasteiger partial charge is 0.343 e. The van der Waals surface area contributed by atoms with E-state index < -0.39 is 17.7 Å². The van der Waals surface area contributed by atoms with E-state index in [1.54, 1.807) is 12.1 Å². The number of hydrogen-bond acceptors (Lipinski definition) is 9. The van der Waals surface area contributed by atoms with E-state index in [4.69, 9.17) is 9.47 Å². The fourth-order valence-corrected chi connectivity index (χ4v) is 7.91. The lowest BCUT2D eigenvalue weighted by molar-refractivity contribution is -0.177. The highest BCUT2D eigenvalue weighted by Crippen LogP contribution is 2.40. The molecule has 53 heavy (non-hydrogen) atoms. The second-order valence-electron chi connectivity index (χ2n) is 14.8. The maximum Gasteiger partial charge on any atom is 0.343 e. The van der Waals surface area contributed by atoms with Crippen molar-refractivity contribution >= 4 is 16.9 Å². The lowest BCUT2D eigenvalue weighted by atomic mass is 9.73. The lowest BCUT2D eigenvalue weighted by Gasteiger charge is -2.37. The molecule has 2 aliphatic rings. The van der Waals surface area contributed by atoms with Crippen molar-refractivity contribution in [1.29, 1.82) is 0 Å². The molecule has 1 saturated heterocycles. The molecule has 1 unspecified atom stereocenters. The van der Waals surface area contributed by atoms with Crippen LogP contribution in [0.4, 0.5) is 0 Å². The standard InChI is InChI=1S/C43H55N3O7/c47-38-20-18-36(37-19-21-40(49)45-41(37)38)39(48)28-44-24-8-3-9-27-52-35-16-14-31(15-17-35)29-46-25-22-32(23-26-46)30-53-42(50)43(51,33-10-4-1-5-11-33)34-12-6-2-7-13-34/h1,4-5,10-11,14-21,32,34,39,44,47-48,51H,2-3,6-9,12-13,22-30H2,(H,45,49)/t39-,43?/m0/s1. The molecule has 1 aromatic heterocycles. The summed E-state index contributed by atoms with van der Waals surface area (Å²) in [7, 11) is 0. The van der Waals surface area contributed by atoms with Crippen LogP contribution in [0.15, 0.2) is 83.7 Å². The predicted octanol–water partition coefficient (Wildman–Crippen LogP) is 6.33. The second-order valence-corrected chi connectivity index (χ2v) is 14.8. The summed E-state index contributed by atoms with van der Waals surface area (Å²) in [6.45, 7) is 4.87. The zero-order valence-electron chi connectivity index (χ0n) is 30.7. The van der Waals surface area contributed by atoms with E-state index in [1.165, 1.54) is 17.7 Å². The number of hydrogen-bond donors (Lipinski definition) is 5. The number of carbonyl (C=O) groups excluding carboxylic acids is 1. The molecule has 1 aliphatic carbocycles. The number of aromatic amines is 1. The summed E-state index contributed by atoms with van der Waals surface area (Å²) < 4.78 is 11.9. The van der Waals surface area contributed by atoms with Gasteiger partial charge in [0.1, 0.15) is 11.5 Å². The largest absolute Gasteiger partial charge is 0.506 e. The Bertz CT molecular complexity index is 1800. The molecule has 0 radical (unpaired) electrons. The first-order chi connectivity index (χ1) is 25.8. The number of benzene rings is 3. The summed E-state index contributed by atoms with van der Waals surface area (Å²) in [6.07, 6.45) is 8.92. The Morgan fingerprint density at radius 2 is 1.66 bits per heavy atom. The molecule has 10 heteroatoms. The lowest BCUT2D eigenvalue weighted by Crippen LogP contribution is -2.46. The van der Waals surface area contributed by atoms with Crippen molar-refractivity contribution in [3.63, 3.8) is 0 Å². The number of rotatable bonds is 17. The molecule has 2 fully saturated rings. The molecule has 284 valence electrons.